The Bertz CT molecular complexity index is 534. The van der Waals surface area contributed by atoms with E-state index in [0.29, 0.717) is 21.6 Å². The normalized spacial score (nSPS) is 10.2. The quantitative estimate of drug-likeness (QED) is 0.924. The van der Waals surface area contributed by atoms with E-state index in [0.717, 1.165) is 4.90 Å². The third-order valence-corrected chi connectivity index (χ3v) is 3.65. The van der Waals surface area contributed by atoms with Gasteiger partial charge in [-0.25, -0.2) is 4.98 Å². The van der Waals surface area contributed by atoms with E-state index < -0.39 is 0 Å². The second kappa shape index (κ2) is 5.29. The molecule has 1 heterocycles. The Kier molecular flexibility index (Phi) is 3.76. The van der Waals surface area contributed by atoms with Gasteiger partial charge in [-0.2, -0.15) is 0 Å². The lowest BCUT2D eigenvalue weighted by molar-refractivity contribution is 0.395. The van der Waals surface area contributed by atoms with E-state index in [1.165, 1.54) is 11.8 Å². The third kappa shape index (κ3) is 2.84. The maximum Gasteiger partial charge on any atom is 0.214 e. The molecule has 5 heteroatoms. The number of hydrogen-bond donors (Lipinski definition) is 1. The van der Waals surface area contributed by atoms with Gasteiger partial charge < -0.3 is 10.5 Å². The van der Waals surface area contributed by atoms with Crippen molar-refractivity contribution >= 4 is 29.1 Å². The lowest BCUT2D eigenvalue weighted by atomic mass is 10.4. The van der Waals surface area contributed by atoms with E-state index in [-0.39, 0.29) is 0 Å². The predicted octanol–water partition coefficient (Wildman–Crippen LogP) is 3.48. The summed E-state index contributed by atoms with van der Waals surface area (Å²) in [6, 6.07) is 11.1. The Morgan fingerprint density at radius 1 is 1.24 bits per heavy atom. The van der Waals surface area contributed by atoms with Crippen molar-refractivity contribution in [2.24, 2.45) is 0 Å². The number of methoxy groups -OCH3 is 1. The van der Waals surface area contributed by atoms with Crippen molar-refractivity contribution in [2.45, 2.75) is 9.92 Å². The van der Waals surface area contributed by atoms with Crippen LogP contribution in [0.5, 0.6) is 5.88 Å². The van der Waals surface area contributed by atoms with Crippen LogP contribution in [0.15, 0.2) is 46.3 Å². The molecule has 0 bridgehead atoms. The molecular formula is C12H11ClN2OS. The standard InChI is InChI=1S/C12H11ClN2OS/c1-16-11-7-6-9(14)12(15-11)17-10-5-3-2-4-8(10)13/h2-7H,14H2,1H3. The van der Waals surface area contributed by atoms with Gasteiger partial charge in [-0.15, -0.1) is 0 Å². The number of anilines is 1. The summed E-state index contributed by atoms with van der Waals surface area (Å²) in [6.45, 7) is 0. The highest BCUT2D eigenvalue weighted by Crippen LogP contribution is 2.35. The summed E-state index contributed by atoms with van der Waals surface area (Å²) < 4.78 is 5.06. The van der Waals surface area contributed by atoms with Gasteiger partial charge in [0.05, 0.1) is 17.8 Å². The molecule has 0 atom stereocenters. The topological polar surface area (TPSA) is 48.1 Å². The average Bonchev–Trinajstić information content (AvgIpc) is 2.35. The van der Waals surface area contributed by atoms with E-state index in [1.807, 2.05) is 24.3 Å². The number of benzene rings is 1. The maximum atomic E-state index is 6.08. The Hall–Kier alpha value is -1.39. The fourth-order valence-corrected chi connectivity index (χ4v) is 2.35. The van der Waals surface area contributed by atoms with Crippen LogP contribution < -0.4 is 10.5 Å². The lowest BCUT2D eigenvalue weighted by Crippen LogP contribution is -1.94. The molecule has 17 heavy (non-hydrogen) atoms. The molecule has 3 nitrogen and oxygen atoms in total. The molecule has 2 rings (SSSR count). The molecule has 1 aromatic carbocycles. The van der Waals surface area contributed by atoms with Crippen LogP contribution >= 0.6 is 23.4 Å². The van der Waals surface area contributed by atoms with Crippen molar-refractivity contribution in [1.82, 2.24) is 4.98 Å². The Labute approximate surface area is 109 Å². The number of nitrogens with zero attached hydrogens (tertiary/aromatic N) is 1. The fraction of sp³-hybridized carbons (Fsp3) is 0.0833. The maximum absolute atomic E-state index is 6.08. The van der Waals surface area contributed by atoms with Gasteiger partial charge in [0, 0.05) is 11.0 Å². The average molecular weight is 267 g/mol. The molecule has 0 unspecified atom stereocenters. The number of hydrogen-bond acceptors (Lipinski definition) is 4. The summed E-state index contributed by atoms with van der Waals surface area (Å²) in [5.41, 5.74) is 6.47. The molecule has 0 fully saturated rings. The SMILES string of the molecule is COc1ccc(N)c(Sc2ccccc2Cl)n1. The molecule has 88 valence electrons. The van der Waals surface area contributed by atoms with Crippen molar-refractivity contribution in [3.05, 3.63) is 41.4 Å². The Balaban J connectivity index is 2.32. The van der Waals surface area contributed by atoms with Gasteiger partial charge >= 0.3 is 0 Å². The molecular weight excluding hydrogens is 256 g/mol. The van der Waals surface area contributed by atoms with E-state index in [2.05, 4.69) is 4.98 Å². The van der Waals surface area contributed by atoms with Crippen LogP contribution in [0.25, 0.3) is 0 Å². The van der Waals surface area contributed by atoms with Crippen molar-refractivity contribution in [3.8, 4) is 5.88 Å². The first-order valence-electron chi connectivity index (χ1n) is 4.93. The summed E-state index contributed by atoms with van der Waals surface area (Å²) >= 11 is 7.50. The first-order chi connectivity index (χ1) is 8.20. The third-order valence-electron chi connectivity index (χ3n) is 2.12. The number of pyridine rings is 1. The summed E-state index contributed by atoms with van der Waals surface area (Å²) in [4.78, 5) is 5.20. The summed E-state index contributed by atoms with van der Waals surface area (Å²) in [5, 5.41) is 1.37. The van der Waals surface area contributed by atoms with Crippen LogP contribution in [0.1, 0.15) is 0 Å². The Morgan fingerprint density at radius 3 is 2.71 bits per heavy atom. The number of nitrogen functional groups attached to an aromatic ring is 1. The smallest absolute Gasteiger partial charge is 0.214 e. The van der Waals surface area contributed by atoms with E-state index in [9.17, 15) is 0 Å². The number of rotatable bonds is 3. The van der Waals surface area contributed by atoms with Crippen LogP contribution in [0.2, 0.25) is 5.02 Å². The molecule has 0 saturated heterocycles. The molecule has 1 aromatic heterocycles. The van der Waals surface area contributed by atoms with Gasteiger partial charge in [0.25, 0.3) is 0 Å². The molecule has 2 aromatic rings. The molecule has 0 radical (unpaired) electrons. The highest BCUT2D eigenvalue weighted by Gasteiger charge is 2.08. The minimum atomic E-state index is 0.536. The van der Waals surface area contributed by atoms with E-state index in [1.54, 1.807) is 19.2 Å². The lowest BCUT2D eigenvalue weighted by Gasteiger charge is -2.07. The molecule has 0 amide bonds. The minimum absolute atomic E-state index is 0.536. The number of nitrogens with two attached hydrogens (primary N) is 1. The second-order valence-electron chi connectivity index (χ2n) is 3.28. The molecule has 0 aliphatic carbocycles. The van der Waals surface area contributed by atoms with Gasteiger partial charge in [-0.3, -0.25) is 0 Å². The van der Waals surface area contributed by atoms with Crippen LogP contribution in [-0.2, 0) is 0 Å². The summed E-state index contributed by atoms with van der Waals surface area (Å²) in [6.07, 6.45) is 0. The Morgan fingerprint density at radius 2 is 2.00 bits per heavy atom. The molecule has 0 aliphatic rings. The first kappa shape index (κ1) is 12.1. The zero-order valence-corrected chi connectivity index (χ0v) is 10.8. The monoisotopic (exact) mass is 266 g/mol. The largest absolute Gasteiger partial charge is 0.481 e. The highest BCUT2D eigenvalue weighted by molar-refractivity contribution is 7.99. The van der Waals surface area contributed by atoms with Crippen molar-refractivity contribution in [1.29, 1.82) is 0 Å². The summed E-state index contributed by atoms with van der Waals surface area (Å²) in [7, 11) is 1.57. The number of aromatic nitrogens is 1. The molecule has 2 N–H and O–H groups in total. The van der Waals surface area contributed by atoms with Crippen molar-refractivity contribution < 1.29 is 4.74 Å². The second-order valence-corrected chi connectivity index (χ2v) is 4.72. The van der Waals surface area contributed by atoms with E-state index in [4.69, 9.17) is 22.1 Å². The van der Waals surface area contributed by atoms with E-state index >= 15 is 0 Å². The number of ether oxygens (including phenoxy) is 1. The van der Waals surface area contributed by atoms with Gasteiger partial charge in [-0.05, 0) is 18.2 Å². The molecule has 0 saturated carbocycles. The minimum Gasteiger partial charge on any atom is -0.481 e. The fourth-order valence-electron chi connectivity index (χ4n) is 1.26. The van der Waals surface area contributed by atoms with Gasteiger partial charge in [-0.1, -0.05) is 35.5 Å². The van der Waals surface area contributed by atoms with Crippen LogP contribution in [0, 0.1) is 0 Å². The van der Waals surface area contributed by atoms with Crippen LogP contribution in [-0.4, -0.2) is 12.1 Å². The van der Waals surface area contributed by atoms with Gasteiger partial charge in [0.1, 0.15) is 5.03 Å². The van der Waals surface area contributed by atoms with Gasteiger partial charge in [0.15, 0.2) is 0 Å². The van der Waals surface area contributed by atoms with Gasteiger partial charge in [0.2, 0.25) is 5.88 Å². The van der Waals surface area contributed by atoms with Crippen molar-refractivity contribution in [2.75, 3.05) is 12.8 Å². The zero-order valence-electron chi connectivity index (χ0n) is 9.18. The predicted molar refractivity (Wildman–Crippen MR) is 70.8 cm³/mol. The van der Waals surface area contributed by atoms with Crippen molar-refractivity contribution in [3.63, 3.8) is 0 Å². The first-order valence-corrected chi connectivity index (χ1v) is 6.13. The highest BCUT2D eigenvalue weighted by atomic mass is 35.5. The van der Waals surface area contributed by atoms with Crippen LogP contribution in [0.3, 0.4) is 0 Å². The van der Waals surface area contributed by atoms with Crippen LogP contribution in [0.4, 0.5) is 5.69 Å². The molecule has 0 spiro atoms. The zero-order chi connectivity index (χ0) is 12.3. The summed E-state index contributed by atoms with van der Waals surface area (Å²) in [5.74, 6) is 0.536. The molecule has 0 aliphatic heterocycles. The number of halogens is 1.